The fraction of sp³-hybridized carbons (Fsp3) is 0.333. The van der Waals surface area contributed by atoms with Gasteiger partial charge in [0.25, 0.3) is 5.91 Å². The van der Waals surface area contributed by atoms with Gasteiger partial charge >= 0.3 is 0 Å². The number of carbonyl (C=O) groups excluding carboxylic acids is 2. The summed E-state index contributed by atoms with van der Waals surface area (Å²) in [5, 5.41) is 3.59. The van der Waals surface area contributed by atoms with Crippen molar-refractivity contribution < 1.29 is 9.59 Å². The van der Waals surface area contributed by atoms with Crippen molar-refractivity contribution in [2.75, 3.05) is 19.6 Å². The fourth-order valence-electron chi connectivity index (χ4n) is 3.43. The Morgan fingerprint density at radius 2 is 1.77 bits per heavy atom. The molecule has 0 bridgehead atoms. The van der Waals surface area contributed by atoms with Gasteiger partial charge in [-0.15, -0.1) is 0 Å². The van der Waals surface area contributed by atoms with Crippen LogP contribution in [-0.4, -0.2) is 36.3 Å². The highest BCUT2D eigenvalue weighted by molar-refractivity contribution is 6.30. The summed E-state index contributed by atoms with van der Waals surface area (Å²) in [7, 11) is 0. The maximum Gasteiger partial charge on any atom is 0.253 e. The third-order valence-electron chi connectivity index (χ3n) is 4.81. The molecule has 1 saturated heterocycles. The van der Waals surface area contributed by atoms with Crippen LogP contribution < -0.4 is 5.32 Å². The van der Waals surface area contributed by atoms with Crippen molar-refractivity contribution in [2.45, 2.75) is 19.3 Å². The third kappa shape index (κ3) is 4.07. The van der Waals surface area contributed by atoms with Gasteiger partial charge < -0.3 is 10.2 Å². The van der Waals surface area contributed by atoms with Crippen LogP contribution in [0.4, 0.5) is 0 Å². The highest BCUT2D eigenvalue weighted by atomic mass is 35.5. The lowest BCUT2D eigenvalue weighted by atomic mass is 9.88. The van der Waals surface area contributed by atoms with E-state index in [1.54, 1.807) is 29.2 Å². The topological polar surface area (TPSA) is 49.4 Å². The molecule has 136 valence electrons. The molecule has 1 aliphatic rings. The van der Waals surface area contributed by atoms with Crippen molar-refractivity contribution in [3.8, 4) is 0 Å². The monoisotopic (exact) mass is 370 g/mol. The Labute approximate surface area is 159 Å². The fourth-order valence-corrected chi connectivity index (χ4v) is 3.55. The van der Waals surface area contributed by atoms with Crippen LogP contribution in [0.2, 0.25) is 5.02 Å². The minimum atomic E-state index is -0.236. The summed E-state index contributed by atoms with van der Waals surface area (Å²) in [5.74, 6) is -0.273. The van der Waals surface area contributed by atoms with E-state index in [9.17, 15) is 9.59 Å². The van der Waals surface area contributed by atoms with Crippen LogP contribution in [0.3, 0.4) is 0 Å². The van der Waals surface area contributed by atoms with Gasteiger partial charge in [-0.2, -0.15) is 0 Å². The Bertz CT molecular complexity index is 761. The van der Waals surface area contributed by atoms with E-state index in [-0.39, 0.29) is 23.7 Å². The molecule has 26 heavy (non-hydrogen) atoms. The first-order chi connectivity index (χ1) is 12.6. The van der Waals surface area contributed by atoms with Gasteiger partial charge in [0.15, 0.2) is 0 Å². The molecule has 3 rings (SSSR count). The Hall–Kier alpha value is -2.33. The first-order valence-corrected chi connectivity index (χ1v) is 9.35. The van der Waals surface area contributed by atoms with Crippen molar-refractivity contribution in [1.82, 2.24) is 10.2 Å². The Morgan fingerprint density at radius 1 is 1.08 bits per heavy atom. The quantitative estimate of drug-likeness (QED) is 0.871. The van der Waals surface area contributed by atoms with Gasteiger partial charge in [-0.25, -0.2) is 0 Å². The van der Waals surface area contributed by atoms with Gasteiger partial charge in [0.05, 0.1) is 5.92 Å². The molecular weight excluding hydrogens is 348 g/mol. The number of nitrogens with one attached hydrogen (secondary N) is 1. The molecule has 5 heteroatoms. The van der Waals surface area contributed by atoms with Crippen LogP contribution in [0.1, 0.15) is 35.2 Å². The second kappa shape index (κ2) is 8.37. The van der Waals surface area contributed by atoms with Crippen LogP contribution in [0.15, 0.2) is 54.6 Å². The summed E-state index contributed by atoms with van der Waals surface area (Å²) < 4.78 is 0. The average molecular weight is 371 g/mol. The van der Waals surface area contributed by atoms with Gasteiger partial charge in [0, 0.05) is 36.1 Å². The largest absolute Gasteiger partial charge is 0.356 e. The van der Waals surface area contributed by atoms with E-state index in [1.165, 1.54) is 0 Å². The molecule has 0 saturated carbocycles. The molecule has 0 aromatic heterocycles. The zero-order valence-corrected chi connectivity index (χ0v) is 15.6. The first kappa shape index (κ1) is 18.5. The normalized spacial score (nSPS) is 19.4. The van der Waals surface area contributed by atoms with Crippen molar-refractivity contribution in [3.63, 3.8) is 0 Å². The number of carbonyl (C=O) groups is 2. The number of likely N-dealkylation sites (tertiary alicyclic amines) is 1. The molecular formula is C21H23ClN2O2. The van der Waals surface area contributed by atoms with E-state index < -0.39 is 0 Å². The standard InChI is InChI=1S/C21H23ClN2O2/c1-2-12-23-20(25)19-14-24(13-18(19)15-6-4-3-5-7-15)21(26)16-8-10-17(22)11-9-16/h3-11,18-19H,2,12-14H2,1H3,(H,23,25)/t18-,19-/m1/s1. The second-order valence-corrected chi connectivity index (χ2v) is 7.07. The van der Waals surface area contributed by atoms with E-state index >= 15 is 0 Å². The van der Waals surface area contributed by atoms with E-state index in [0.29, 0.717) is 30.2 Å². The Morgan fingerprint density at radius 3 is 2.42 bits per heavy atom. The van der Waals surface area contributed by atoms with E-state index in [2.05, 4.69) is 5.32 Å². The van der Waals surface area contributed by atoms with Crippen LogP contribution in [0.25, 0.3) is 0 Å². The summed E-state index contributed by atoms with van der Waals surface area (Å²) in [4.78, 5) is 27.3. The minimum absolute atomic E-state index is 0.00399. The van der Waals surface area contributed by atoms with Crippen molar-refractivity contribution >= 4 is 23.4 Å². The SMILES string of the molecule is CCCNC(=O)[C@@H]1CN(C(=O)c2ccc(Cl)cc2)C[C@@H]1c1ccccc1. The molecule has 4 nitrogen and oxygen atoms in total. The molecule has 1 fully saturated rings. The van der Waals surface area contributed by atoms with Gasteiger partial charge in [0.2, 0.25) is 5.91 Å². The number of hydrogen-bond acceptors (Lipinski definition) is 2. The molecule has 1 aliphatic heterocycles. The van der Waals surface area contributed by atoms with Crippen LogP contribution in [-0.2, 0) is 4.79 Å². The van der Waals surface area contributed by atoms with Crippen LogP contribution in [0, 0.1) is 5.92 Å². The molecule has 2 amide bonds. The maximum atomic E-state index is 12.9. The van der Waals surface area contributed by atoms with Crippen molar-refractivity contribution in [1.29, 1.82) is 0 Å². The Balaban J connectivity index is 1.82. The molecule has 1 N–H and O–H groups in total. The highest BCUT2D eigenvalue weighted by Gasteiger charge is 2.40. The lowest BCUT2D eigenvalue weighted by Crippen LogP contribution is -2.36. The van der Waals surface area contributed by atoms with Crippen molar-refractivity contribution in [2.24, 2.45) is 5.92 Å². The summed E-state index contributed by atoms with van der Waals surface area (Å²) in [6.45, 7) is 3.65. The average Bonchev–Trinajstić information content (AvgIpc) is 3.12. The third-order valence-corrected chi connectivity index (χ3v) is 5.06. The highest BCUT2D eigenvalue weighted by Crippen LogP contribution is 2.33. The molecule has 0 spiro atoms. The summed E-state index contributed by atoms with van der Waals surface area (Å²) in [5.41, 5.74) is 1.69. The maximum absolute atomic E-state index is 12.9. The molecule has 1 heterocycles. The summed E-state index contributed by atoms with van der Waals surface area (Å²) in [6.07, 6.45) is 0.891. The van der Waals surface area contributed by atoms with Crippen LogP contribution in [0.5, 0.6) is 0 Å². The molecule has 0 unspecified atom stereocenters. The molecule has 2 aromatic rings. The lowest BCUT2D eigenvalue weighted by Gasteiger charge is -2.17. The predicted octanol–water partition coefficient (Wildman–Crippen LogP) is 3.72. The van der Waals surface area contributed by atoms with Crippen LogP contribution >= 0.6 is 11.6 Å². The summed E-state index contributed by atoms with van der Waals surface area (Å²) in [6, 6.07) is 16.8. The predicted molar refractivity (Wildman–Crippen MR) is 103 cm³/mol. The van der Waals surface area contributed by atoms with E-state index in [0.717, 1.165) is 12.0 Å². The van der Waals surface area contributed by atoms with E-state index in [4.69, 9.17) is 11.6 Å². The molecule has 2 atom stereocenters. The second-order valence-electron chi connectivity index (χ2n) is 6.63. The van der Waals surface area contributed by atoms with Gasteiger partial charge in [-0.05, 0) is 36.2 Å². The van der Waals surface area contributed by atoms with Gasteiger partial charge in [-0.1, -0.05) is 48.9 Å². The van der Waals surface area contributed by atoms with E-state index in [1.807, 2.05) is 37.3 Å². The van der Waals surface area contributed by atoms with Crippen molar-refractivity contribution in [3.05, 3.63) is 70.7 Å². The van der Waals surface area contributed by atoms with Gasteiger partial charge in [0.1, 0.15) is 0 Å². The minimum Gasteiger partial charge on any atom is -0.356 e. The first-order valence-electron chi connectivity index (χ1n) is 8.97. The number of rotatable bonds is 5. The summed E-state index contributed by atoms with van der Waals surface area (Å²) >= 11 is 5.91. The Kier molecular flexibility index (Phi) is 5.94. The lowest BCUT2D eigenvalue weighted by molar-refractivity contribution is -0.124. The molecule has 0 radical (unpaired) electrons. The zero-order chi connectivity index (χ0) is 18.5. The number of halogens is 1. The number of amides is 2. The number of nitrogens with zero attached hydrogens (tertiary/aromatic N) is 1. The molecule has 2 aromatic carbocycles. The smallest absolute Gasteiger partial charge is 0.253 e. The number of hydrogen-bond donors (Lipinski definition) is 1. The molecule has 0 aliphatic carbocycles. The zero-order valence-electron chi connectivity index (χ0n) is 14.8. The van der Waals surface area contributed by atoms with Gasteiger partial charge in [-0.3, -0.25) is 9.59 Å². The number of benzene rings is 2.